The van der Waals surface area contributed by atoms with E-state index in [0.29, 0.717) is 29.4 Å². The Morgan fingerprint density at radius 1 is 1.30 bits per heavy atom. The van der Waals surface area contributed by atoms with E-state index in [1.54, 1.807) is 6.07 Å². The van der Waals surface area contributed by atoms with Crippen LogP contribution >= 0.6 is 0 Å². The number of rotatable bonds is 4. The molecule has 0 saturated carbocycles. The maximum absolute atomic E-state index is 9.87. The van der Waals surface area contributed by atoms with Gasteiger partial charge in [0, 0.05) is 54.8 Å². The van der Waals surface area contributed by atoms with Gasteiger partial charge in [0.15, 0.2) is 0 Å². The van der Waals surface area contributed by atoms with E-state index in [-0.39, 0.29) is 12.0 Å². The Morgan fingerprint density at radius 3 is 2.74 bits per heavy atom. The lowest BCUT2D eigenvalue weighted by Gasteiger charge is -2.17. The molecule has 0 radical (unpaired) electrons. The molecule has 8 heteroatoms. The van der Waals surface area contributed by atoms with Crippen LogP contribution in [0.25, 0.3) is 0 Å². The molecule has 8 nitrogen and oxygen atoms in total. The minimum Gasteiger partial charge on any atom is -0.398 e. The summed E-state index contributed by atoms with van der Waals surface area (Å²) in [4.78, 5) is 14.7. The van der Waals surface area contributed by atoms with E-state index >= 15 is 0 Å². The highest BCUT2D eigenvalue weighted by Gasteiger charge is 2.28. The highest BCUT2D eigenvalue weighted by Crippen LogP contribution is 2.24. The molecular formula is C15H19N7O. The number of nitrogens with two attached hydrogens (primary N) is 1. The smallest absolute Gasteiger partial charge is 0.137 e. The highest BCUT2D eigenvalue weighted by atomic mass is 16.3. The number of anilines is 4. The van der Waals surface area contributed by atoms with Crippen LogP contribution in [0.15, 0.2) is 24.7 Å². The molecule has 0 amide bonds. The second-order valence-corrected chi connectivity index (χ2v) is 5.68. The van der Waals surface area contributed by atoms with Gasteiger partial charge in [0.05, 0.1) is 6.10 Å². The molecular weight excluding hydrogens is 294 g/mol. The Morgan fingerprint density at radius 2 is 2.09 bits per heavy atom. The molecule has 0 spiro atoms. The number of nitrogens with zero attached hydrogens (tertiary/aromatic N) is 4. The number of aliphatic hydroxyl groups excluding tert-OH is 1. The van der Waals surface area contributed by atoms with Crippen LogP contribution in [0.4, 0.5) is 23.1 Å². The minimum atomic E-state index is -0.337. The maximum atomic E-state index is 9.87. The van der Waals surface area contributed by atoms with Crippen molar-refractivity contribution in [2.75, 3.05) is 29.0 Å². The van der Waals surface area contributed by atoms with Crippen molar-refractivity contribution >= 4 is 29.4 Å². The molecule has 120 valence electrons. The zero-order valence-corrected chi connectivity index (χ0v) is 12.8. The molecule has 1 fully saturated rings. The third-order valence-electron chi connectivity index (χ3n) is 3.93. The summed E-state index contributed by atoms with van der Waals surface area (Å²) in [5, 5.41) is 20.2. The third kappa shape index (κ3) is 3.21. The largest absolute Gasteiger partial charge is 0.398 e. The summed E-state index contributed by atoms with van der Waals surface area (Å²) >= 11 is 0. The molecule has 0 aliphatic carbocycles. The number of hydrogen-bond acceptors (Lipinski definition) is 8. The molecule has 3 heterocycles. The predicted molar refractivity (Wildman–Crippen MR) is 89.2 cm³/mol. The first kappa shape index (κ1) is 15.2. The van der Waals surface area contributed by atoms with Crippen molar-refractivity contribution in [3.8, 4) is 0 Å². The molecule has 1 aliphatic rings. The Kier molecular flexibility index (Phi) is 4.07. The number of hydrogen-bond donors (Lipinski definition) is 4. The summed E-state index contributed by atoms with van der Waals surface area (Å²) in [6.07, 6.45) is 3.83. The van der Waals surface area contributed by atoms with Gasteiger partial charge in [-0.1, -0.05) is 6.92 Å². The zero-order valence-electron chi connectivity index (χ0n) is 12.8. The van der Waals surface area contributed by atoms with Gasteiger partial charge in [-0.05, 0) is 0 Å². The summed E-state index contributed by atoms with van der Waals surface area (Å²) in [5.74, 6) is 2.12. The number of aromatic nitrogens is 3. The first-order chi connectivity index (χ1) is 11.1. The summed E-state index contributed by atoms with van der Waals surface area (Å²) in [6.45, 7) is 3.34. The van der Waals surface area contributed by atoms with Gasteiger partial charge in [-0.25, -0.2) is 15.0 Å². The quantitative estimate of drug-likeness (QED) is 0.621. The average Bonchev–Trinajstić information content (AvgIpc) is 2.87. The van der Waals surface area contributed by atoms with Crippen LogP contribution < -0.4 is 16.0 Å². The SMILES string of the molecule is CC1CN(c2cc(Nc3cc(N)c(C=N)cn3)ncn2)CC1O. The van der Waals surface area contributed by atoms with E-state index in [4.69, 9.17) is 11.1 Å². The Bertz CT molecular complexity index is 711. The van der Waals surface area contributed by atoms with Crippen molar-refractivity contribution in [2.24, 2.45) is 5.92 Å². The maximum Gasteiger partial charge on any atom is 0.137 e. The topological polar surface area (TPSA) is 124 Å². The number of nitrogens with one attached hydrogen (secondary N) is 2. The first-order valence-electron chi connectivity index (χ1n) is 7.35. The van der Waals surface area contributed by atoms with Crippen LogP contribution in [0, 0.1) is 11.3 Å². The summed E-state index contributed by atoms with van der Waals surface area (Å²) < 4.78 is 0. The molecule has 2 unspecified atom stereocenters. The van der Waals surface area contributed by atoms with Crippen LogP contribution in [-0.2, 0) is 0 Å². The second kappa shape index (κ2) is 6.17. The molecule has 0 bridgehead atoms. The summed E-state index contributed by atoms with van der Waals surface area (Å²) in [6, 6.07) is 3.47. The lowest BCUT2D eigenvalue weighted by atomic mass is 10.1. The normalized spacial score (nSPS) is 20.5. The third-order valence-corrected chi connectivity index (χ3v) is 3.93. The molecule has 0 aromatic carbocycles. The van der Waals surface area contributed by atoms with Crippen molar-refractivity contribution < 1.29 is 5.11 Å². The van der Waals surface area contributed by atoms with Crippen molar-refractivity contribution in [3.63, 3.8) is 0 Å². The molecule has 1 aliphatic heterocycles. The number of pyridine rings is 1. The van der Waals surface area contributed by atoms with Gasteiger partial charge in [0.1, 0.15) is 23.8 Å². The number of β-amino-alcohol motifs (C(OH)–C–C–N with tert-alkyl or cyclic N) is 1. The highest BCUT2D eigenvalue weighted by molar-refractivity contribution is 5.85. The fourth-order valence-corrected chi connectivity index (χ4v) is 2.53. The van der Waals surface area contributed by atoms with Gasteiger partial charge in [-0.3, -0.25) is 0 Å². The van der Waals surface area contributed by atoms with E-state index in [9.17, 15) is 5.11 Å². The molecule has 2 aromatic rings. The van der Waals surface area contributed by atoms with Crippen molar-refractivity contribution in [1.82, 2.24) is 15.0 Å². The zero-order chi connectivity index (χ0) is 16.4. The molecule has 1 saturated heterocycles. The van der Waals surface area contributed by atoms with Gasteiger partial charge >= 0.3 is 0 Å². The monoisotopic (exact) mass is 313 g/mol. The van der Waals surface area contributed by atoms with E-state index < -0.39 is 0 Å². The van der Waals surface area contributed by atoms with E-state index in [2.05, 4.69) is 20.3 Å². The fourth-order valence-electron chi connectivity index (χ4n) is 2.53. The number of nitrogen functional groups attached to an aromatic ring is 1. The van der Waals surface area contributed by atoms with E-state index in [1.807, 2.05) is 17.9 Å². The summed E-state index contributed by atoms with van der Waals surface area (Å²) in [5.41, 5.74) is 6.89. The van der Waals surface area contributed by atoms with Crippen LogP contribution in [-0.4, -0.2) is 45.5 Å². The van der Waals surface area contributed by atoms with Crippen molar-refractivity contribution in [3.05, 3.63) is 30.2 Å². The Balaban J connectivity index is 1.78. The Labute approximate surface area is 133 Å². The average molecular weight is 313 g/mol. The lowest BCUT2D eigenvalue weighted by molar-refractivity contribution is 0.157. The standard InChI is InChI=1S/C15H19N7O/c1-9-6-22(7-12(9)23)15-3-14(19-8-20-15)21-13-2-11(17)10(4-16)5-18-13/h2-5,8-9,12,16,23H,6-7H2,1H3,(H3,17,18,19,20,21). The van der Waals surface area contributed by atoms with Gasteiger partial charge in [-0.15, -0.1) is 0 Å². The van der Waals surface area contributed by atoms with Crippen LogP contribution in [0.5, 0.6) is 0 Å². The van der Waals surface area contributed by atoms with E-state index in [1.165, 1.54) is 12.5 Å². The minimum absolute atomic E-state index is 0.219. The molecule has 5 N–H and O–H groups in total. The first-order valence-corrected chi connectivity index (χ1v) is 7.35. The Hall–Kier alpha value is -2.74. The van der Waals surface area contributed by atoms with E-state index in [0.717, 1.165) is 18.6 Å². The summed E-state index contributed by atoms with van der Waals surface area (Å²) in [7, 11) is 0. The molecule has 2 atom stereocenters. The van der Waals surface area contributed by atoms with Gasteiger partial charge in [-0.2, -0.15) is 0 Å². The van der Waals surface area contributed by atoms with Crippen LogP contribution in [0.1, 0.15) is 12.5 Å². The molecule has 2 aromatic heterocycles. The van der Waals surface area contributed by atoms with Gasteiger partial charge in [0.2, 0.25) is 0 Å². The van der Waals surface area contributed by atoms with Gasteiger partial charge in [0.25, 0.3) is 0 Å². The van der Waals surface area contributed by atoms with Gasteiger partial charge < -0.3 is 26.5 Å². The fraction of sp³-hybridized carbons (Fsp3) is 0.333. The predicted octanol–water partition coefficient (Wildman–Crippen LogP) is 1.01. The van der Waals surface area contributed by atoms with Crippen molar-refractivity contribution in [2.45, 2.75) is 13.0 Å². The molecule has 23 heavy (non-hydrogen) atoms. The molecule has 3 rings (SSSR count). The van der Waals surface area contributed by atoms with Crippen LogP contribution in [0.2, 0.25) is 0 Å². The van der Waals surface area contributed by atoms with Crippen LogP contribution in [0.3, 0.4) is 0 Å². The second-order valence-electron chi connectivity index (χ2n) is 5.68. The van der Waals surface area contributed by atoms with Crippen molar-refractivity contribution in [1.29, 1.82) is 5.41 Å². The number of aliphatic hydroxyl groups is 1. The lowest BCUT2D eigenvalue weighted by Crippen LogP contribution is -2.22.